The van der Waals surface area contributed by atoms with Crippen LogP contribution >= 0.6 is 23.1 Å². The Bertz CT molecular complexity index is 1310. The summed E-state index contributed by atoms with van der Waals surface area (Å²) in [5, 5.41) is 11.0. The first kappa shape index (κ1) is 23.2. The Morgan fingerprint density at radius 3 is 2.50 bits per heavy atom. The first-order chi connectivity index (χ1) is 16.5. The molecule has 0 fully saturated rings. The molecule has 1 aromatic heterocycles. The van der Waals surface area contributed by atoms with Gasteiger partial charge in [-0.2, -0.15) is 0 Å². The number of thiazole rings is 1. The summed E-state index contributed by atoms with van der Waals surface area (Å²) in [5.74, 6) is -0.477. The number of thioether (sulfide) groups is 1. The Kier molecular flexibility index (Phi) is 7.35. The van der Waals surface area contributed by atoms with Crippen molar-refractivity contribution in [3.05, 3.63) is 94.0 Å². The quantitative estimate of drug-likeness (QED) is 0.212. The largest absolute Gasteiger partial charge is 0.477 e. The highest BCUT2D eigenvalue weighted by atomic mass is 32.2. The number of carbonyl (C=O) groups is 2. The van der Waals surface area contributed by atoms with Crippen LogP contribution in [0.5, 0.6) is 5.75 Å². The molecule has 0 aliphatic rings. The van der Waals surface area contributed by atoms with E-state index in [-0.39, 0.29) is 11.4 Å². The van der Waals surface area contributed by atoms with Gasteiger partial charge in [0.25, 0.3) is 11.8 Å². The zero-order valence-corrected chi connectivity index (χ0v) is 19.2. The van der Waals surface area contributed by atoms with Gasteiger partial charge in [0.15, 0.2) is 16.7 Å². The summed E-state index contributed by atoms with van der Waals surface area (Å²) >= 11 is 3.27. The van der Waals surface area contributed by atoms with Gasteiger partial charge in [0.2, 0.25) is 0 Å². The molecule has 0 saturated heterocycles. The number of nitro groups is 1. The standard InChI is InChI=1S/C23H18N4O5S2/c28-21(13-32-19-7-3-2-6-18(19)27(30)31)25-26-22(29)16-11-9-15(10-12-16)14-33-23-24-17-5-1-4-8-20(17)34-23/h1-12H,13-14H2,(H,25,28)(H,26,29). The Morgan fingerprint density at radius 1 is 1.00 bits per heavy atom. The second-order valence-corrected chi connectivity index (χ2v) is 9.20. The van der Waals surface area contributed by atoms with Crippen molar-refractivity contribution in [3.63, 3.8) is 0 Å². The number of para-hydroxylation sites is 3. The number of hydrogen-bond donors (Lipinski definition) is 2. The molecule has 0 bridgehead atoms. The van der Waals surface area contributed by atoms with Crippen molar-refractivity contribution in [1.29, 1.82) is 0 Å². The maximum absolute atomic E-state index is 12.3. The summed E-state index contributed by atoms with van der Waals surface area (Å²) in [4.78, 5) is 39.2. The minimum atomic E-state index is -0.657. The third-order valence-corrected chi connectivity index (χ3v) is 6.84. The maximum Gasteiger partial charge on any atom is 0.310 e. The molecule has 0 aliphatic heterocycles. The molecule has 172 valence electrons. The molecule has 4 aromatic rings. The number of carbonyl (C=O) groups excluding carboxylic acids is 2. The predicted molar refractivity (Wildman–Crippen MR) is 130 cm³/mol. The normalized spacial score (nSPS) is 10.6. The third kappa shape index (κ3) is 5.88. The molecule has 4 rings (SSSR count). The molecule has 11 heteroatoms. The smallest absolute Gasteiger partial charge is 0.310 e. The van der Waals surface area contributed by atoms with Gasteiger partial charge in [-0.25, -0.2) is 4.98 Å². The molecule has 2 amide bonds. The van der Waals surface area contributed by atoms with Crippen LogP contribution in [0.3, 0.4) is 0 Å². The number of fused-ring (bicyclic) bond motifs is 1. The van der Waals surface area contributed by atoms with Crippen molar-refractivity contribution in [3.8, 4) is 5.75 Å². The number of nitrogens with zero attached hydrogens (tertiary/aromatic N) is 2. The lowest BCUT2D eigenvalue weighted by Crippen LogP contribution is -2.43. The molecule has 34 heavy (non-hydrogen) atoms. The van der Waals surface area contributed by atoms with E-state index in [4.69, 9.17) is 4.74 Å². The van der Waals surface area contributed by atoms with Gasteiger partial charge < -0.3 is 4.74 Å². The van der Waals surface area contributed by atoms with Crippen LogP contribution in [0.25, 0.3) is 10.2 Å². The second kappa shape index (κ2) is 10.8. The van der Waals surface area contributed by atoms with E-state index >= 15 is 0 Å². The first-order valence-corrected chi connectivity index (χ1v) is 11.8. The van der Waals surface area contributed by atoms with Gasteiger partial charge >= 0.3 is 5.69 Å². The highest BCUT2D eigenvalue weighted by Gasteiger charge is 2.15. The highest BCUT2D eigenvalue weighted by molar-refractivity contribution is 8.00. The Balaban J connectivity index is 1.24. The van der Waals surface area contributed by atoms with Crippen molar-refractivity contribution in [2.45, 2.75) is 10.1 Å². The lowest BCUT2D eigenvalue weighted by atomic mass is 10.1. The number of benzene rings is 3. The monoisotopic (exact) mass is 494 g/mol. The topological polar surface area (TPSA) is 123 Å². The average molecular weight is 495 g/mol. The fraction of sp³-hybridized carbons (Fsp3) is 0.0870. The van der Waals surface area contributed by atoms with E-state index in [0.717, 1.165) is 20.1 Å². The van der Waals surface area contributed by atoms with E-state index in [2.05, 4.69) is 15.8 Å². The minimum absolute atomic E-state index is 0.0340. The van der Waals surface area contributed by atoms with Gasteiger partial charge in [0.1, 0.15) is 0 Å². The number of hydrogen-bond acceptors (Lipinski definition) is 8. The van der Waals surface area contributed by atoms with Crippen molar-refractivity contribution in [1.82, 2.24) is 15.8 Å². The second-order valence-electron chi connectivity index (χ2n) is 6.95. The van der Waals surface area contributed by atoms with E-state index < -0.39 is 23.3 Å². The van der Waals surface area contributed by atoms with E-state index in [1.807, 2.05) is 36.4 Å². The third-order valence-electron chi connectivity index (χ3n) is 4.59. The lowest BCUT2D eigenvalue weighted by molar-refractivity contribution is -0.385. The summed E-state index contributed by atoms with van der Waals surface area (Å²) in [7, 11) is 0. The number of nitro benzene ring substituents is 1. The van der Waals surface area contributed by atoms with Gasteiger partial charge in [-0.3, -0.25) is 30.6 Å². The van der Waals surface area contributed by atoms with Gasteiger partial charge in [0.05, 0.1) is 15.1 Å². The summed E-state index contributed by atoms with van der Waals surface area (Å²) in [6.07, 6.45) is 0. The average Bonchev–Trinajstić information content (AvgIpc) is 3.28. The maximum atomic E-state index is 12.3. The zero-order valence-electron chi connectivity index (χ0n) is 17.6. The molecule has 0 radical (unpaired) electrons. The summed E-state index contributed by atoms with van der Waals surface area (Å²) in [6, 6.07) is 20.7. The number of amides is 2. The van der Waals surface area contributed by atoms with Crippen LogP contribution in [0.4, 0.5) is 5.69 Å². The molecule has 0 spiro atoms. The van der Waals surface area contributed by atoms with Gasteiger partial charge in [0, 0.05) is 17.4 Å². The van der Waals surface area contributed by atoms with E-state index in [0.29, 0.717) is 11.3 Å². The zero-order chi connectivity index (χ0) is 23.9. The van der Waals surface area contributed by atoms with Crippen molar-refractivity contribution in [2.75, 3.05) is 6.61 Å². The minimum Gasteiger partial charge on any atom is -0.477 e. The molecule has 1 heterocycles. The lowest BCUT2D eigenvalue weighted by Gasteiger charge is -2.09. The number of hydrazine groups is 1. The molecule has 0 unspecified atom stereocenters. The molecule has 0 atom stereocenters. The van der Waals surface area contributed by atoms with Crippen LogP contribution in [0.2, 0.25) is 0 Å². The fourth-order valence-corrected chi connectivity index (χ4v) is 4.94. The molecule has 0 saturated carbocycles. The van der Waals surface area contributed by atoms with Crippen molar-refractivity contribution < 1.29 is 19.2 Å². The molecule has 0 aliphatic carbocycles. The van der Waals surface area contributed by atoms with Crippen LogP contribution in [0.15, 0.2) is 77.1 Å². The van der Waals surface area contributed by atoms with Crippen LogP contribution < -0.4 is 15.6 Å². The van der Waals surface area contributed by atoms with Crippen molar-refractivity contribution in [2.24, 2.45) is 0 Å². The van der Waals surface area contributed by atoms with E-state index in [1.54, 1.807) is 41.3 Å². The SMILES string of the molecule is O=C(COc1ccccc1[N+](=O)[O-])NNC(=O)c1ccc(CSc2nc3ccccc3s2)cc1. The summed E-state index contributed by atoms with van der Waals surface area (Å²) < 4.78 is 7.31. The number of rotatable bonds is 8. The Hall–Kier alpha value is -3.96. The summed E-state index contributed by atoms with van der Waals surface area (Å²) in [5.41, 5.74) is 6.66. The number of ether oxygens (including phenoxy) is 1. The number of nitrogens with one attached hydrogen (secondary N) is 2. The Morgan fingerprint density at radius 2 is 1.74 bits per heavy atom. The van der Waals surface area contributed by atoms with Crippen LogP contribution in [0.1, 0.15) is 15.9 Å². The molecule has 2 N–H and O–H groups in total. The van der Waals surface area contributed by atoms with Crippen LogP contribution in [0, 0.1) is 10.1 Å². The van der Waals surface area contributed by atoms with E-state index in [9.17, 15) is 19.7 Å². The van der Waals surface area contributed by atoms with E-state index in [1.165, 1.54) is 18.2 Å². The van der Waals surface area contributed by atoms with Gasteiger partial charge in [-0.05, 0) is 35.9 Å². The molecule has 3 aromatic carbocycles. The fourth-order valence-electron chi connectivity index (χ4n) is 2.92. The van der Waals surface area contributed by atoms with Gasteiger partial charge in [-0.1, -0.05) is 48.2 Å². The first-order valence-electron chi connectivity index (χ1n) is 10.0. The molecular formula is C23H18N4O5S2. The molecular weight excluding hydrogens is 476 g/mol. The predicted octanol–water partition coefficient (Wildman–Crippen LogP) is 4.34. The molecule has 9 nitrogen and oxygen atoms in total. The van der Waals surface area contributed by atoms with Gasteiger partial charge in [-0.15, -0.1) is 11.3 Å². The Labute approximate surface area is 202 Å². The van der Waals surface area contributed by atoms with Crippen molar-refractivity contribution >= 4 is 50.8 Å². The van der Waals surface area contributed by atoms with Crippen LogP contribution in [-0.4, -0.2) is 28.3 Å². The van der Waals surface area contributed by atoms with Crippen LogP contribution in [-0.2, 0) is 10.5 Å². The number of aromatic nitrogens is 1. The highest BCUT2D eigenvalue weighted by Crippen LogP contribution is 2.31. The summed E-state index contributed by atoms with van der Waals surface area (Å²) in [6.45, 7) is -0.493.